The smallest absolute Gasteiger partial charge is 0.255 e. The first-order valence-corrected chi connectivity index (χ1v) is 8.89. The summed E-state index contributed by atoms with van der Waals surface area (Å²) in [5.74, 6) is -0.220. The first kappa shape index (κ1) is 17.2. The van der Waals surface area contributed by atoms with Crippen LogP contribution >= 0.6 is 0 Å². The molecule has 0 saturated heterocycles. The van der Waals surface area contributed by atoms with Crippen LogP contribution in [-0.2, 0) is 10.0 Å². The topological polar surface area (TPSA) is 75.3 Å². The summed E-state index contributed by atoms with van der Waals surface area (Å²) in [4.78, 5) is 12.4. The van der Waals surface area contributed by atoms with Crippen molar-refractivity contribution in [2.45, 2.75) is 25.2 Å². The van der Waals surface area contributed by atoms with Crippen molar-refractivity contribution >= 4 is 21.6 Å². The van der Waals surface area contributed by atoms with E-state index in [2.05, 4.69) is 10.0 Å². The molecule has 0 aromatic heterocycles. The van der Waals surface area contributed by atoms with Crippen LogP contribution in [0.1, 0.15) is 29.3 Å². The SMILES string of the molecule is CCCNS(=O)(=O)c1ccc(NC(=O)c2ccccc2C)cc1. The predicted molar refractivity (Wildman–Crippen MR) is 91.1 cm³/mol. The quantitative estimate of drug-likeness (QED) is 0.854. The Morgan fingerprint density at radius 3 is 2.30 bits per heavy atom. The Labute approximate surface area is 136 Å². The lowest BCUT2D eigenvalue weighted by atomic mass is 10.1. The van der Waals surface area contributed by atoms with E-state index < -0.39 is 10.0 Å². The highest BCUT2D eigenvalue weighted by atomic mass is 32.2. The van der Waals surface area contributed by atoms with Crippen LogP contribution in [0.15, 0.2) is 53.4 Å². The van der Waals surface area contributed by atoms with Crippen LogP contribution in [0.3, 0.4) is 0 Å². The first-order chi connectivity index (χ1) is 10.9. The fourth-order valence-electron chi connectivity index (χ4n) is 2.06. The Bertz CT molecular complexity index is 784. The average Bonchev–Trinajstić information content (AvgIpc) is 2.54. The summed E-state index contributed by atoms with van der Waals surface area (Å²) in [6.45, 7) is 4.16. The number of hydrogen-bond donors (Lipinski definition) is 2. The van der Waals surface area contributed by atoms with Crippen molar-refractivity contribution in [1.82, 2.24) is 4.72 Å². The second-order valence-electron chi connectivity index (χ2n) is 5.19. The van der Waals surface area contributed by atoms with Crippen molar-refractivity contribution in [1.29, 1.82) is 0 Å². The molecular weight excluding hydrogens is 312 g/mol. The number of hydrogen-bond acceptors (Lipinski definition) is 3. The molecule has 2 N–H and O–H groups in total. The zero-order chi connectivity index (χ0) is 16.9. The molecule has 0 fully saturated rings. The Hall–Kier alpha value is -2.18. The van der Waals surface area contributed by atoms with Crippen LogP contribution in [0.25, 0.3) is 0 Å². The third-order valence-electron chi connectivity index (χ3n) is 3.35. The number of anilines is 1. The monoisotopic (exact) mass is 332 g/mol. The Morgan fingerprint density at radius 1 is 1.04 bits per heavy atom. The minimum absolute atomic E-state index is 0.180. The fraction of sp³-hybridized carbons (Fsp3) is 0.235. The number of benzene rings is 2. The van der Waals surface area contributed by atoms with Crippen LogP contribution in [0.4, 0.5) is 5.69 Å². The zero-order valence-electron chi connectivity index (χ0n) is 13.2. The molecule has 0 spiro atoms. The summed E-state index contributed by atoms with van der Waals surface area (Å²) >= 11 is 0. The molecule has 0 radical (unpaired) electrons. The van der Waals surface area contributed by atoms with E-state index in [-0.39, 0.29) is 10.8 Å². The van der Waals surface area contributed by atoms with Gasteiger partial charge in [-0.2, -0.15) is 0 Å². The maximum atomic E-state index is 12.2. The van der Waals surface area contributed by atoms with E-state index in [9.17, 15) is 13.2 Å². The van der Waals surface area contributed by atoms with E-state index in [1.165, 1.54) is 12.1 Å². The highest BCUT2D eigenvalue weighted by Gasteiger charge is 2.13. The molecule has 0 saturated carbocycles. The third-order valence-corrected chi connectivity index (χ3v) is 4.83. The molecule has 2 aromatic carbocycles. The van der Waals surface area contributed by atoms with Crippen LogP contribution in [0, 0.1) is 6.92 Å². The molecule has 0 atom stereocenters. The average molecular weight is 332 g/mol. The molecule has 0 bridgehead atoms. The van der Waals surface area contributed by atoms with Gasteiger partial charge in [-0.25, -0.2) is 13.1 Å². The van der Waals surface area contributed by atoms with Gasteiger partial charge in [0.2, 0.25) is 10.0 Å². The standard InChI is InChI=1S/C17H20N2O3S/c1-3-12-18-23(21,22)15-10-8-14(9-11-15)19-17(20)16-7-5-4-6-13(16)2/h4-11,18H,3,12H2,1-2H3,(H,19,20). The van der Waals surface area contributed by atoms with Gasteiger partial charge in [0.1, 0.15) is 0 Å². The predicted octanol–water partition coefficient (Wildman–Crippen LogP) is 2.94. The summed E-state index contributed by atoms with van der Waals surface area (Å²) < 4.78 is 26.5. The molecule has 0 heterocycles. The van der Waals surface area contributed by atoms with Crippen LogP contribution in [0.2, 0.25) is 0 Å². The van der Waals surface area contributed by atoms with Gasteiger partial charge in [-0.3, -0.25) is 4.79 Å². The lowest BCUT2D eigenvalue weighted by Crippen LogP contribution is -2.24. The van der Waals surface area contributed by atoms with E-state index in [0.717, 1.165) is 12.0 Å². The first-order valence-electron chi connectivity index (χ1n) is 7.41. The molecular formula is C17H20N2O3S. The normalized spacial score (nSPS) is 11.2. The van der Waals surface area contributed by atoms with Crippen molar-refractivity contribution in [2.24, 2.45) is 0 Å². The molecule has 2 rings (SSSR count). The van der Waals surface area contributed by atoms with Gasteiger partial charge >= 0.3 is 0 Å². The Kier molecular flexibility index (Phi) is 5.52. The lowest BCUT2D eigenvalue weighted by molar-refractivity contribution is 0.102. The summed E-state index contributed by atoms with van der Waals surface area (Å²) in [7, 11) is -3.49. The van der Waals surface area contributed by atoms with Gasteiger partial charge < -0.3 is 5.32 Å². The molecule has 122 valence electrons. The second kappa shape index (κ2) is 7.39. The van der Waals surface area contributed by atoms with Gasteiger partial charge in [0, 0.05) is 17.8 Å². The largest absolute Gasteiger partial charge is 0.322 e. The number of amides is 1. The summed E-state index contributed by atoms with van der Waals surface area (Å²) in [5, 5.41) is 2.77. The summed E-state index contributed by atoms with van der Waals surface area (Å²) in [6, 6.07) is 13.4. The zero-order valence-corrected chi connectivity index (χ0v) is 14.0. The Balaban J connectivity index is 2.12. The molecule has 0 aliphatic heterocycles. The van der Waals surface area contributed by atoms with E-state index in [1.54, 1.807) is 24.3 Å². The summed E-state index contributed by atoms with van der Waals surface area (Å²) in [5.41, 5.74) is 2.02. The molecule has 1 amide bonds. The van der Waals surface area contributed by atoms with Crippen LogP contribution in [-0.4, -0.2) is 20.9 Å². The number of nitrogens with one attached hydrogen (secondary N) is 2. The molecule has 23 heavy (non-hydrogen) atoms. The van der Waals surface area contributed by atoms with Crippen molar-refractivity contribution in [3.05, 3.63) is 59.7 Å². The fourth-order valence-corrected chi connectivity index (χ4v) is 3.20. The highest BCUT2D eigenvalue weighted by Crippen LogP contribution is 2.16. The number of carbonyl (C=O) groups excluding carboxylic acids is 1. The van der Waals surface area contributed by atoms with E-state index in [1.807, 2.05) is 26.0 Å². The van der Waals surface area contributed by atoms with E-state index in [0.29, 0.717) is 17.8 Å². The number of aryl methyl sites for hydroxylation is 1. The van der Waals surface area contributed by atoms with Crippen molar-refractivity contribution < 1.29 is 13.2 Å². The Morgan fingerprint density at radius 2 is 1.70 bits per heavy atom. The van der Waals surface area contributed by atoms with Gasteiger partial charge in [0.15, 0.2) is 0 Å². The molecule has 0 unspecified atom stereocenters. The molecule has 2 aromatic rings. The van der Waals surface area contributed by atoms with Crippen molar-refractivity contribution in [3.8, 4) is 0 Å². The van der Waals surface area contributed by atoms with Crippen molar-refractivity contribution in [2.75, 3.05) is 11.9 Å². The van der Waals surface area contributed by atoms with Crippen molar-refractivity contribution in [3.63, 3.8) is 0 Å². The molecule has 6 heteroatoms. The molecule has 0 aliphatic carbocycles. The van der Waals surface area contributed by atoms with Crippen LogP contribution in [0.5, 0.6) is 0 Å². The molecule has 0 aliphatic rings. The van der Waals surface area contributed by atoms with Gasteiger partial charge in [-0.1, -0.05) is 25.1 Å². The van der Waals surface area contributed by atoms with Gasteiger partial charge in [-0.15, -0.1) is 0 Å². The van der Waals surface area contributed by atoms with E-state index in [4.69, 9.17) is 0 Å². The third kappa shape index (κ3) is 4.40. The van der Waals surface area contributed by atoms with Gasteiger partial charge in [-0.05, 0) is 49.2 Å². The summed E-state index contributed by atoms with van der Waals surface area (Å²) in [6.07, 6.45) is 0.726. The highest BCUT2D eigenvalue weighted by molar-refractivity contribution is 7.89. The minimum atomic E-state index is -3.49. The number of sulfonamides is 1. The van der Waals surface area contributed by atoms with E-state index >= 15 is 0 Å². The van der Waals surface area contributed by atoms with Gasteiger partial charge in [0.25, 0.3) is 5.91 Å². The lowest BCUT2D eigenvalue weighted by Gasteiger charge is -2.09. The molecule has 5 nitrogen and oxygen atoms in total. The maximum absolute atomic E-state index is 12.2. The number of carbonyl (C=O) groups is 1. The second-order valence-corrected chi connectivity index (χ2v) is 6.96. The minimum Gasteiger partial charge on any atom is -0.322 e. The van der Waals surface area contributed by atoms with Gasteiger partial charge in [0.05, 0.1) is 4.90 Å². The number of rotatable bonds is 6. The maximum Gasteiger partial charge on any atom is 0.255 e. The van der Waals surface area contributed by atoms with Crippen LogP contribution < -0.4 is 10.0 Å².